The van der Waals surface area contributed by atoms with Crippen molar-refractivity contribution < 1.29 is 4.79 Å². The lowest BCUT2D eigenvalue weighted by atomic mass is 10.2. The first-order valence-electron chi connectivity index (χ1n) is 9.41. The molecule has 1 aromatic carbocycles. The van der Waals surface area contributed by atoms with Crippen molar-refractivity contribution in [2.24, 2.45) is 0 Å². The molecule has 1 aliphatic heterocycles. The summed E-state index contributed by atoms with van der Waals surface area (Å²) in [5, 5.41) is 12.1. The van der Waals surface area contributed by atoms with Gasteiger partial charge in [-0.2, -0.15) is 0 Å². The number of carbonyl (C=O) groups is 1. The van der Waals surface area contributed by atoms with Crippen LogP contribution in [0.15, 0.2) is 54.9 Å². The largest absolute Gasteiger partial charge is 0.352 e. The number of urea groups is 1. The summed E-state index contributed by atoms with van der Waals surface area (Å²) in [6.45, 7) is 4.55. The lowest BCUT2D eigenvalue weighted by Gasteiger charge is -2.35. The Morgan fingerprint density at radius 2 is 1.76 bits per heavy atom. The normalized spacial score (nSPS) is 14.0. The third-order valence-electron chi connectivity index (χ3n) is 4.88. The maximum absolute atomic E-state index is 12.6. The van der Waals surface area contributed by atoms with E-state index in [0.717, 1.165) is 22.6 Å². The third kappa shape index (κ3) is 4.46. The van der Waals surface area contributed by atoms with Gasteiger partial charge < -0.3 is 15.1 Å². The van der Waals surface area contributed by atoms with E-state index in [2.05, 4.69) is 25.4 Å². The first-order valence-corrected chi connectivity index (χ1v) is 9.79. The van der Waals surface area contributed by atoms with Gasteiger partial charge in [0.15, 0.2) is 5.82 Å². The number of hydrogen-bond donors (Lipinski definition) is 1. The Kier molecular flexibility index (Phi) is 5.57. The highest BCUT2D eigenvalue weighted by Gasteiger charge is 2.22. The monoisotopic (exact) mass is 408 g/mol. The summed E-state index contributed by atoms with van der Waals surface area (Å²) in [6, 6.07) is 13.2. The molecule has 0 spiro atoms. The van der Waals surface area contributed by atoms with Crippen LogP contribution in [0.3, 0.4) is 0 Å². The van der Waals surface area contributed by atoms with E-state index < -0.39 is 0 Å². The minimum Gasteiger partial charge on any atom is -0.352 e. The summed E-state index contributed by atoms with van der Waals surface area (Å²) in [4.78, 5) is 20.5. The maximum atomic E-state index is 12.6. The van der Waals surface area contributed by atoms with Gasteiger partial charge in [0.1, 0.15) is 0 Å². The van der Waals surface area contributed by atoms with Gasteiger partial charge in [0.05, 0.1) is 16.4 Å². The molecule has 2 amide bonds. The molecule has 0 bridgehead atoms. The minimum atomic E-state index is -0.142. The summed E-state index contributed by atoms with van der Waals surface area (Å²) >= 11 is 6.18. The van der Waals surface area contributed by atoms with Gasteiger partial charge in [-0.15, -0.1) is 10.2 Å². The van der Waals surface area contributed by atoms with Gasteiger partial charge in [-0.25, -0.2) is 4.79 Å². The number of anilines is 2. The Hall–Kier alpha value is -3.19. The number of piperazine rings is 1. The summed E-state index contributed by atoms with van der Waals surface area (Å²) in [5.74, 6) is 0.810. The van der Waals surface area contributed by atoms with Gasteiger partial charge in [-0.1, -0.05) is 17.7 Å². The van der Waals surface area contributed by atoms with Crippen LogP contribution in [0.2, 0.25) is 5.02 Å². The fraction of sp³-hybridized carbons (Fsp3) is 0.238. The number of carbonyl (C=O) groups excluding carboxylic acids is 1. The predicted molar refractivity (Wildman–Crippen MR) is 114 cm³/mol. The molecule has 4 rings (SSSR count). The first kappa shape index (κ1) is 19.1. The number of nitrogens with zero attached hydrogens (tertiary/aromatic N) is 5. The lowest BCUT2D eigenvalue weighted by molar-refractivity contribution is 0.208. The molecule has 1 aliphatic rings. The third-order valence-corrected chi connectivity index (χ3v) is 5.21. The molecule has 7 nitrogen and oxygen atoms in total. The van der Waals surface area contributed by atoms with Crippen LogP contribution in [0.4, 0.5) is 16.3 Å². The molecule has 3 heterocycles. The fourth-order valence-corrected chi connectivity index (χ4v) is 3.40. The molecule has 148 valence electrons. The molecule has 0 radical (unpaired) electrons. The van der Waals surface area contributed by atoms with Crippen molar-refractivity contribution in [1.29, 1.82) is 0 Å². The van der Waals surface area contributed by atoms with E-state index in [9.17, 15) is 4.79 Å². The van der Waals surface area contributed by atoms with E-state index >= 15 is 0 Å². The van der Waals surface area contributed by atoms with Gasteiger partial charge >= 0.3 is 6.03 Å². The van der Waals surface area contributed by atoms with Gasteiger partial charge in [-0.05, 0) is 48.9 Å². The van der Waals surface area contributed by atoms with E-state index in [0.29, 0.717) is 36.9 Å². The van der Waals surface area contributed by atoms with Crippen LogP contribution in [0.25, 0.3) is 11.3 Å². The summed E-state index contributed by atoms with van der Waals surface area (Å²) < 4.78 is 0. The van der Waals surface area contributed by atoms with E-state index in [4.69, 9.17) is 11.6 Å². The number of hydrogen-bond acceptors (Lipinski definition) is 5. The maximum Gasteiger partial charge on any atom is 0.322 e. The molecule has 1 fully saturated rings. The number of aromatic nitrogens is 3. The van der Waals surface area contributed by atoms with Crippen molar-refractivity contribution in [2.75, 3.05) is 36.4 Å². The van der Waals surface area contributed by atoms with Crippen molar-refractivity contribution >= 4 is 29.1 Å². The highest BCUT2D eigenvalue weighted by molar-refractivity contribution is 6.33. The number of nitrogens with one attached hydrogen (secondary N) is 1. The first-order chi connectivity index (χ1) is 14.1. The van der Waals surface area contributed by atoms with E-state index in [1.807, 2.05) is 43.3 Å². The summed E-state index contributed by atoms with van der Waals surface area (Å²) in [5.41, 5.74) is 3.47. The Bertz CT molecular complexity index is 988. The second kappa shape index (κ2) is 8.45. The van der Waals surface area contributed by atoms with Crippen LogP contribution in [0.1, 0.15) is 5.56 Å². The second-order valence-corrected chi connectivity index (χ2v) is 7.31. The number of benzene rings is 1. The Morgan fingerprint density at radius 1 is 1.00 bits per heavy atom. The Labute approximate surface area is 174 Å². The minimum absolute atomic E-state index is 0.142. The molecular formula is C21H21ClN6O. The average molecular weight is 409 g/mol. The van der Waals surface area contributed by atoms with E-state index in [-0.39, 0.29) is 6.03 Å². The zero-order valence-electron chi connectivity index (χ0n) is 16.0. The summed E-state index contributed by atoms with van der Waals surface area (Å²) in [7, 11) is 0. The van der Waals surface area contributed by atoms with Crippen molar-refractivity contribution in [3.63, 3.8) is 0 Å². The van der Waals surface area contributed by atoms with Crippen LogP contribution in [-0.4, -0.2) is 52.3 Å². The molecule has 2 aromatic heterocycles. The van der Waals surface area contributed by atoms with Crippen LogP contribution >= 0.6 is 11.6 Å². The van der Waals surface area contributed by atoms with Crippen molar-refractivity contribution in [2.45, 2.75) is 6.92 Å². The second-order valence-electron chi connectivity index (χ2n) is 6.90. The molecule has 29 heavy (non-hydrogen) atoms. The predicted octanol–water partition coefficient (Wildman–Crippen LogP) is 3.85. The van der Waals surface area contributed by atoms with Gasteiger partial charge in [0.2, 0.25) is 0 Å². The standard InChI is InChI=1S/C21H21ClN6O/c1-15-2-3-17(22)19(14-15)24-21(29)28-12-10-27(11-13-28)20-5-4-18(25-26-20)16-6-8-23-9-7-16/h2-9,14H,10-13H2,1H3,(H,24,29). The van der Waals surface area contributed by atoms with Gasteiger partial charge in [0, 0.05) is 44.1 Å². The molecule has 0 atom stereocenters. The van der Waals surface area contributed by atoms with Crippen molar-refractivity contribution in [1.82, 2.24) is 20.1 Å². The van der Waals surface area contributed by atoms with Crippen LogP contribution < -0.4 is 10.2 Å². The number of aryl methyl sites for hydroxylation is 1. The zero-order chi connectivity index (χ0) is 20.2. The smallest absolute Gasteiger partial charge is 0.322 e. The Morgan fingerprint density at radius 3 is 2.45 bits per heavy atom. The van der Waals surface area contributed by atoms with Crippen molar-refractivity contribution in [3.8, 4) is 11.3 Å². The highest BCUT2D eigenvalue weighted by atomic mass is 35.5. The number of amides is 2. The van der Waals surface area contributed by atoms with E-state index in [1.54, 1.807) is 23.4 Å². The topological polar surface area (TPSA) is 74.2 Å². The van der Waals surface area contributed by atoms with E-state index in [1.165, 1.54) is 0 Å². The zero-order valence-corrected chi connectivity index (χ0v) is 16.8. The molecule has 1 saturated heterocycles. The Balaban J connectivity index is 1.35. The molecule has 1 N–H and O–H groups in total. The molecule has 0 unspecified atom stereocenters. The lowest BCUT2D eigenvalue weighted by Crippen LogP contribution is -2.50. The SMILES string of the molecule is Cc1ccc(Cl)c(NC(=O)N2CCN(c3ccc(-c4ccncc4)nn3)CC2)c1. The van der Waals surface area contributed by atoms with Crippen LogP contribution in [0.5, 0.6) is 0 Å². The quantitative estimate of drug-likeness (QED) is 0.712. The number of halogens is 1. The average Bonchev–Trinajstić information content (AvgIpc) is 2.77. The molecule has 0 saturated carbocycles. The summed E-state index contributed by atoms with van der Waals surface area (Å²) in [6.07, 6.45) is 3.47. The fourth-order valence-electron chi connectivity index (χ4n) is 3.24. The van der Waals surface area contributed by atoms with Crippen LogP contribution in [-0.2, 0) is 0 Å². The number of rotatable bonds is 3. The van der Waals surface area contributed by atoms with Crippen LogP contribution in [0, 0.1) is 6.92 Å². The molecule has 0 aliphatic carbocycles. The molecular weight excluding hydrogens is 388 g/mol. The van der Waals surface area contributed by atoms with Gasteiger partial charge in [-0.3, -0.25) is 4.98 Å². The van der Waals surface area contributed by atoms with Crippen molar-refractivity contribution in [3.05, 3.63) is 65.4 Å². The number of pyridine rings is 1. The van der Waals surface area contributed by atoms with Gasteiger partial charge in [0.25, 0.3) is 0 Å². The molecule has 3 aromatic rings. The highest BCUT2D eigenvalue weighted by Crippen LogP contribution is 2.23. The molecule has 8 heteroatoms.